The van der Waals surface area contributed by atoms with E-state index in [0.29, 0.717) is 0 Å². The third kappa shape index (κ3) is 2.97. The first-order valence-corrected chi connectivity index (χ1v) is 9.81. The van der Waals surface area contributed by atoms with Crippen LogP contribution in [0.2, 0.25) is 0 Å². The maximum absolute atomic E-state index is 12.4. The van der Waals surface area contributed by atoms with E-state index in [-0.39, 0.29) is 11.7 Å². The van der Waals surface area contributed by atoms with Crippen molar-refractivity contribution in [3.8, 4) is 0 Å². The zero-order valence-corrected chi connectivity index (χ0v) is 15.3. The summed E-state index contributed by atoms with van der Waals surface area (Å²) < 4.78 is 1.93. The van der Waals surface area contributed by atoms with Crippen LogP contribution in [0.15, 0.2) is 41.5 Å². The quantitative estimate of drug-likeness (QED) is 0.773. The van der Waals surface area contributed by atoms with E-state index in [2.05, 4.69) is 30.8 Å². The number of H-pyrrole nitrogens is 1. The number of imidazole rings is 1. The monoisotopic (exact) mass is 364 g/mol. The molecule has 0 saturated carbocycles. The minimum absolute atomic E-state index is 0.00648. The first kappa shape index (κ1) is 16.4. The van der Waals surface area contributed by atoms with E-state index in [1.54, 1.807) is 6.33 Å². The Morgan fingerprint density at radius 2 is 1.59 bits per heavy atom. The van der Waals surface area contributed by atoms with Crippen LogP contribution < -0.4 is 15.5 Å². The highest BCUT2D eigenvalue weighted by Crippen LogP contribution is 2.28. The Morgan fingerprint density at radius 1 is 0.926 bits per heavy atom. The molecule has 4 heterocycles. The molecule has 2 aliphatic heterocycles. The first-order valence-electron chi connectivity index (χ1n) is 9.81. The van der Waals surface area contributed by atoms with Gasteiger partial charge in [-0.25, -0.2) is 14.8 Å². The summed E-state index contributed by atoms with van der Waals surface area (Å²) in [5.74, 6) is 2.03. The smallest absolute Gasteiger partial charge is 0.326 e. The Labute approximate surface area is 157 Å². The lowest BCUT2D eigenvalue weighted by atomic mass is 10.0. The molecule has 2 saturated heterocycles. The van der Waals surface area contributed by atoms with Crippen LogP contribution in [-0.4, -0.2) is 45.7 Å². The summed E-state index contributed by atoms with van der Waals surface area (Å²) in [6, 6.07) is 10.3. The molecule has 0 bridgehead atoms. The number of aromatic amines is 1. The van der Waals surface area contributed by atoms with Crippen molar-refractivity contribution in [2.45, 2.75) is 31.7 Å². The Balaban J connectivity index is 1.34. The molecule has 0 aliphatic carbocycles. The summed E-state index contributed by atoms with van der Waals surface area (Å²) in [7, 11) is 0. The van der Waals surface area contributed by atoms with Crippen molar-refractivity contribution in [1.82, 2.24) is 19.5 Å². The average molecular weight is 364 g/mol. The van der Waals surface area contributed by atoms with E-state index in [1.807, 2.05) is 28.8 Å². The molecule has 3 aromatic rings. The van der Waals surface area contributed by atoms with Gasteiger partial charge in [-0.05, 0) is 37.8 Å². The van der Waals surface area contributed by atoms with Gasteiger partial charge in [-0.3, -0.25) is 4.57 Å². The van der Waals surface area contributed by atoms with Crippen LogP contribution in [0.25, 0.3) is 11.0 Å². The number of nitrogens with one attached hydrogen (secondary N) is 1. The highest BCUT2D eigenvalue weighted by molar-refractivity contribution is 5.75. The van der Waals surface area contributed by atoms with E-state index >= 15 is 0 Å². The summed E-state index contributed by atoms with van der Waals surface area (Å²) in [6.07, 6.45) is 6.03. The van der Waals surface area contributed by atoms with E-state index in [9.17, 15) is 4.79 Å². The van der Waals surface area contributed by atoms with Gasteiger partial charge in [-0.1, -0.05) is 12.1 Å². The summed E-state index contributed by atoms with van der Waals surface area (Å²) in [4.78, 5) is 29.0. The molecule has 0 unspecified atom stereocenters. The third-order valence-electron chi connectivity index (χ3n) is 5.85. The van der Waals surface area contributed by atoms with E-state index in [0.717, 1.165) is 61.7 Å². The zero-order chi connectivity index (χ0) is 18.2. The first-order chi connectivity index (χ1) is 13.3. The second-order valence-corrected chi connectivity index (χ2v) is 7.46. The van der Waals surface area contributed by atoms with Gasteiger partial charge in [0.2, 0.25) is 0 Å². The number of hydrogen-bond donors (Lipinski definition) is 1. The number of aromatic nitrogens is 4. The lowest BCUT2D eigenvalue weighted by Gasteiger charge is -2.33. The minimum Gasteiger partial charge on any atom is -0.356 e. The van der Waals surface area contributed by atoms with E-state index < -0.39 is 0 Å². The molecule has 2 aromatic heterocycles. The lowest BCUT2D eigenvalue weighted by Crippen LogP contribution is -2.37. The number of anilines is 2. The van der Waals surface area contributed by atoms with Crippen LogP contribution in [0, 0.1) is 0 Å². The summed E-state index contributed by atoms with van der Waals surface area (Å²) in [5.41, 5.74) is 1.91. The van der Waals surface area contributed by atoms with E-state index in [1.165, 1.54) is 12.8 Å². The normalized spacial score (nSPS) is 18.5. The molecule has 0 atom stereocenters. The molecule has 7 heteroatoms. The standard InChI is InChI=1S/C20H24N6O/c27-20-23-16-5-1-2-6-17(16)26(20)15-7-11-25(12-8-15)19-13-18(21-14-22-19)24-9-3-4-10-24/h1-2,5-6,13-15H,3-4,7-12H2,(H,23,27). The van der Waals surface area contributed by atoms with Crippen LogP contribution in [0.1, 0.15) is 31.7 Å². The lowest BCUT2D eigenvalue weighted by molar-refractivity contribution is 0.395. The molecule has 0 radical (unpaired) electrons. The van der Waals surface area contributed by atoms with Gasteiger partial charge in [-0.15, -0.1) is 0 Å². The molecule has 2 aliphatic rings. The topological polar surface area (TPSA) is 70.1 Å². The van der Waals surface area contributed by atoms with Gasteiger partial charge in [0.15, 0.2) is 0 Å². The molecule has 0 amide bonds. The molecule has 27 heavy (non-hydrogen) atoms. The maximum atomic E-state index is 12.4. The predicted molar refractivity (Wildman–Crippen MR) is 107 cm³/mol. The molecule has 1 aromatic carbocycles. The largest absolute Gasteiger partial charge is 0.356 e. The molecule has 5 rings (SSSR count). The SMILES string of the molecule is O=c1[nH]c2ccccc2n1C1CCN(c2cc(N3CCCC3)ncn2)CC1. The van der Waals surface area contributed by atoms with Crippen molar-refractivity contribution in [1.29, 1.82) is 0 Å². The number of piperidine rings is 1. The molecule has 1 N–H and O–H groups in total. The van der Waals surface area contributed by atoms with Gasteiger partial charge >= 0.3 is 5.69 Å². The van der Waals surface area contributed by atoms with Crippen molar-refractivity contribution >= 4 is 22.7 Å². The maximum Gasteiger partial charge on any atom is 0.326 e. The van der Waals surface area contributed by atoms with Crippen molar-refractivity contribution in [2.75, 3.05) is 36.0 Å². The van der Waals surface area contributed by atoms with Crippen LogP contribution in [0.4, 0.5) is 11.6 Å². The van der Waals surface area contributed by atoms with Crippen LogP contribution in [0.5, 0.6) is 0 Å². The van der Waals surface area contributed by atoms with Gasteiger partial charge in [0.1, 0.15) is 18.0 Å². The average Bonchev–Trinajstić information content (AvgIpc) is 3.35. The van der Waals surface area contributed by atoms with Gasteiger partial charge < -0.3 is 14.8 Å². The second kappa shape index (κ2) is 6.72. The number of hydrogen-bond acceptors (Lipinski definition) is 5. The molecule has 2 fully saturated rings. The van der Waals surface area contributed by atoms with Crippen LogP contribution >= 0.6 is 0 Å². The van der Waals surface area contributed by atoms with Crippen LogP contribution in [-0.2, 0) is 0 Å². The number of rotatable bonds is 3. The van der Waals surface area contributed by atoms with Gasteiger partial charge in [0.05, 0.1) is 11.0 Å². The molecule has 7 nitrogen and oxygen atoms in total. The molecular formula is C20H24N6O. The van der Waals surface area contributed by atoms with Crippen molar-refractivity contribution < 1.29 is 0 Å². The van der Waals surface area contributed by atoms with Gasteiger partial charge in [-0.2, -0.15) is 0 Å². The molecule has 0 spiro atoms. The van der Waals surface area contributed by atoms with Crippen molar-refractivity contribution in [3.63, 3.8) is 0 Å². The van der Waals surface area contributed by atoms with Gasteiger partial charge in [0, 0.05) is 38.3 Å². The van der Waals surface area contributed by atoms with Crippen molar-refractivity contribution in [2.24, 2.45) is 0 Å². The predicted octanol–water partition coefficient (Wildman–Crippen LogP) is 2.56. The summed E-state index contributed by atoms with van der Waals surface area (Å²) in [5, 5.41) is 0. The highest BCUT2D eigenvalue weighted by Gasteiger charge is 2.25. The number of nitrogens with zero attached hydrogens (tertiary/aromatic N) is 5. The molecular weight excluding hydrogens is 340 g/mol. The Kier molecular flexibility index (Phi) is 4.07. The van der Waals surface area contributed by atoms with E-state index in [4.69, 9.17) is 0 Å². The fourth-order valence-electron chi connectivity index (χ4n) is 4.42. The Hall–Kier alpha value is -2.83. The van der Waals surface area contributed by atoms with Crippen molar-refractivity contribution in [3.05, 3.63) is 47.1 Å². The Morgan fingerprint density at radius 3 is 2.33 bits per heavy atom. The van der Waals surface area contributed by atoms with Crippen LogP contribution in [0.3, 0.4) is 0 Å². The number of fused-ring (bicyclic) bond motifs is 1. The minimum atomic E-state index is -0.00648. The number of para-hydroxylation sites is 2. The molecule has 140 valence electrons. The zero-order valence-electron chi connectivity index (χ0n) is 15.3. The summed E-state index contributed by atoms with van der Waals surface area (Å²) in [6.45, 7) is 3.96. The third-order valence-corrected chi connectivity index (χ3v) is 5.85. The second-order valence-electron chi connectivity index (χ2n) is 7.46. The van der Waals surface area contributed by atoms with Gasteiger partial charge in [0.25, 0.3) is 0 Å². The number of benzene rings is 1. The fourth-order valence-corrected chi connectivity index (χ4v) is 4.42. The fraction of sp³-hybridized carbons (Fsp3) is 0.450. The summed E-state index contributed by atoms with van der Waals surface area (Å²) >= 11 is 0. The Bertz CT molecular complexity index is 995. The highest BCUT2D eigenvalue weighted by atomic mass is 16.1.